The summed E-state index contributed by atoms with van der Waals surface area (Å²) in [6.45, 7) is 0. The number of ether oxygens (including phenoxy) is 2. The summed E-state index contributed by atoms with van der Waals surface area (Å²) in [4.78, 5) is 12.2. The standard InChI is InChI=1S/C19H20N2O3/c1-23-17-10-6-9-14(18(17)24-2)12-20-21-19(22)16-11-15(16)13-7-4-3-5-8-13/h3-10,12,15-16H,11H2,1-2H3,(H,21,22)/t15-,16+/m1/s1. The normalized spacial score (nSPS) is 19.1. The van der Waals surface area contributed by atoms with Crippen LogP contribution < -0.4 is 14.9 Å². The summed E-state index contributed by atoms with van der Waals surface area (Å²) in [5.74, 6) is 1.46. The molecule has 0 spiro atoms. The zero-order valence-electron chi connectivity index (χ0n) is 13.7. The van der Waals surface area contributed by atoms with Crippen LogP contribution >= 0.6 is 0 Å². The van der Waals surface area contributed by atoms with E-state index in [-0.39, 0.29) is 11.8 Å². The van der Waals surface area contributed by atoms with Gasteiger partial charge in [0, 0.05) is 11.5 Å². The van der Waals surface area contributed by atoms with Gasteiger partial charge >= 0.3 is 0 Å². The molecule has 1 saturated carbocycles. The van der Waals surface area contributed by atoms with Gasteiger partial charge in [0.2, 0.25) is 5.91 Å². The van der Waals surface area contributed by atoms with Crippen molar-refractivity contribution in [3.05, 3.63) is 59.7 Å². The van der Waals surface area contributed by atoms with Crippen molar-refractivity contribution < 1.29 is 14.3 Å². The van der Waals surface area contributed by atoms with E-state index >= 15 is 0 Å². The molecule has 2 aromatic rings. The number of nitrogens with zero attached hydrogens (tertiary/aromatic N) is 1. The summed E-state index contributed by atoms with van der Waals surface area (Å²) in [6.07, 6.45) is 2.44. The Hall–Kier alpha value is -2.82. The minimum absolute atomic E-state index is 0.00300. The molecule has 124 valence electrons. The van der Waals surface area contributed by atoms with Gasteiger partial charge in [-0.2, -0.15) is 5.10 Å². The molecule has 0 aromatic heterocycles. The third-order valence-electron chi connectivity index (χ3n) is 4.17. The number of hydrazone groups is 1. The van der Waals surface area contributed by atoms with Gasteiger partial charge in [-0.05, 0) is 30.0 Å². The van der Waals surface area contributed by atoms with E-state index in [0.717, 1.165) is 12.0 Å². The molecule has 0 heterocycles. The third kappa shape index (κ3) is 3.40. The highest BCUT2D eigenvalue weighted by Gasteiger charge is 2.43. The second-order valence-electron chi connectivity index (χ2n) is 5.68. The molecule has 3 rings (SSSR count). The van der Waals surface area contributed by atoms with E-state index in [1.54, 1.807) is 20.4 Å². The molecule has 0 aliphatic heterocycles. The zero-order valence-corrected chi connectivity index (χ0v) is 13.7. The van der Waals surface area contributed by atoms with Crippen LogP contribution in [0.3, 0.4) is 0 Å². The molecular formula is C19H20N2O3. The second kappa shape index (κ2) is 7.17. The van der Waals surface area contributed by atoms with Gasteiger partial charge in [-0.25, -0.2) is 5.43 Å². The van der Waals surface area contributed by atoms with Crippen molar-refractivity contribution >= 4 is 12.1 Å². The number of hydrogen-bond acceptors (Lipinski definition) is 4. The highest BCUT2D eigenvalue weighted by molar-refractivity contribution is 5.88. The molecule has 0 radical (unpaired) electrons. The van der Waals surface area contributed by atoms with Gasteiger partial charge in [0.1, 0.15) is 0 Å². The molecular weight excluding hydrogens is 304 g/mol. The average molecular weight is 324 g/mol. The molecule has 1 N–H and O–H groups in total. The minimum atomic E-state index is -0.0537. The fraction of sp³-hybridized carbons (Fsp3) is 0.263. The first kappa shape index (κ1) is 16.1. The summed E-state index contributed by atoms with van der Waals surface area (Å²) in [5, 5.41) is 4.05. The molecule has 24 heavy (non-hydrogen) atoms. The first-order valence-electron chi connectivity index (χ1n) is 7.83. The van der Waals surface area contributed by atoms with Gasteiger partial charge in [-0.3, -0.25) is 4.79 Å². The van der Waals surface area contributed by atoms with E-state index in [4.69, 9.17) is 9.47 Å². The molecule has 0 bridgehead atoms. The van der Waals surface area contributed by atoms with E-state index in [1.165, 1.54) is 5.56 Å². The summed E-state index contributed by atoms with van der Waals surface area (Å²) in [6, 6.07) is 15.6. The van der Waals surface area contributed by atoms with Crippen molar-refractivity contribution in [1.29, 1.82) is 0 Å². The first-order valence-corrected chi connectivity index (χ1v) is 7.83. The fourth-order valence-corrected chi connectivity index (χ4v) is 2.82. The van der Waals surface area contributed by atoms with Crippen molar-refractivity contribution in [2.45, 2.75) is 12.3 Å². The summed E-state index contributed by atoms with van der Waals surface area (Å²) < 4.78 is 10.6. The van der Waals surface area contributed by atoms with E-state index in [1.807, 2.05) is 36.4 Å². The molecule has 0 unspecified atom stereocenters. The van der Waals surface area contributed by atoms with Crippen molar-refractivity contribution in [1.82, 2.24) is 5.43 Å². The van der Waals surface area contributed by atoms with E-state index < -0.39 is 0 Å². The van der Waals surface area contributed by atoms with Crippen LogP contribution in [-0.4, -0.2) is 26.3 Å². The quantitative estimate of drug-likeness (QED) is 0.656. The number of methoxy groups -OCH3 is 2. The van der Waals surface area contributed by atoms with Gasteiger partial charge in [0.25, 0.3) is 0 Å². The molecule has 1 fully saturated rings. The fourth-order valence-electron chi connectivity index (χ4n) is 2.82. The molecule has 5 nitrogen and oxygen atoms in total. The number of amides is 1. The van der Waals surface area contributed by atoms with Crippen molar-refractivity contribution in [3.63, 3.8) is 0 Å². The second-order valence-corrected chi connectivity index (χ2v) is 5.68. The van der Waals surface area contributed by atoms with Gasteiger partial charge in [-0.15, -0.1) is 0 Å². The molecule has 5 heteroatoms. The number of rotatable bonds is 6. The van der Waals surface area contributed by atoms with Crippen LogP contribution in [0.4, 0.5) is 0 Å². The van der Waals surface area contributed by atoms with Crippen LogP contribution in [0, 0.1) is 5.92 Å². The molecule has 2 aromatic carbocycles. The Bertz CT molecular complexity index is 744. The molecule has 1 aliphatic carbocycles. The zero-order chi connectivity index (χ0) is 16.9. The largest absolute Gasteiger partial charge is 0.493 e. The van der Waals surface area contributed by atoms with Crippen LogP contribution in [0.5, 0.6) is 11.5 Å². The number of nitrogens with one attached hydrogen (secondary N) is 1. The predicted molar refractivity (Wildman–Crippen MR) is 92.6 cm³/mol. The smallest absolute Gasteiger partial charge is 0.243 e. The number of hydrogen-bond donors (Lipinski definition) is 1. The van der Waals surface area contributed by atoms with Crippen LogP contribution in [0.2, 0.25) is 0 Å². The minimum Gasteiger partial charge on any atom is -0.493 e. The van der Waals surface area contributed by atoms with Crippen LogP contribution in [-0.2, 0) is 4.79 Å². The number of benzene rings is 2. The Balaban J connectivity index is 1.61. The Labute approximate surface area is 141 Å². The molecule has 1 amide bonds. The van der Waals surface area contributed by atoms with Gasteiger partial charge in [0.05, 0.1) is 20.4 Å². The Morgan fingerprint density at radius 2 is 1.92 bits per heavy atom. The van der Waals surface area contributed by atoms with E-state index in [2.05, 4.69) is 22.7 Å². The lowest BCUT2D eigenvalue weighted by Crippen LogP contribution is -2.20. The van der Waals surface area contributed by atoms with Crippen LogP contribution in [0.15, 0.2) is 53.6 Å². The Morgan fingerprint density at radius 3 is 2.62 bits per heavy atom. The summed E-state index contributed by atoms with van der Waals surface area (Å²) in [7, 11) is 3.15. The highest BCUT2D eigenvalue weighted by atomic mass is 16.5. The molecule has 2 atom stereocenters. The van der Waals surface area contributed by atoms with Crippen LogP contribution in [0.25, 0.3) is 0 Å². The maximum atomic E-state index is 12.2. The SMILES string of the molecule is COc1cccc(C=NNC(=O)[C@H]2C[C@@H]2c2ccccc2)c1OC. The maximum absolute atomic E-state index is 12.2. The van der Waals surface area contributed by atoms with Crippen LogP contribution in [0.1, 0.15) is 23.5 Å². The van der Waals surface area contributed by atoms with Crippen molar-refractivity contribution in [3.8, 4) is 11.5 Å². The van der Waals surface area contributed by atoms with Crippen molar-refractivity contribution in [2.75, 3.05) is 14.2 Å². The monoisotopic (exact) mass is 324 g/mol. The van der Waals surface area contributed by atoms with Gasteiger partial charge in [0.15, 0.2) is 11.5 Å². The number of para-hydroxylation sites is 1. The average Bonchev–Trinajstić information content (AvgIpc) is 3.43. The highest BCUT2D eigenvalue weighted by Crippen LogP contribution is 2.47. The topological polar surface area (TPSA) is 59.9 Å². The number of carbonyl (C=O) groups excluding carboxylic acids is 1. The lowest BCUT2D eigenvalue weighted by Gasteiger charge is -2.09. The summed E-state index contributed by atoms with van der Waals surface area (Å²) in [5.41, 5.74) is 4.56. The van der Waals surface area contributed by atoms with E-state index in [9.17, 15) is 4.79 Å². The maximum Gasteiger partial charge on any atom is 0.243 e. The molecule has 0 saturated heterocycles. The Kier molecular flexibility index (Phi) is 4.79. The van der Waals surface area contributed by atoms with Gasteiger partial charge < -0.3 is 9.47 Å². The number of carbonyl (C=O) groups is 1. The predicted octanol–water partition coefficient (Wildman–Crippen LogP) is 2.96. The molecule has 1 aliphatic rings. The van der Waals surface area contributed by atoms with E-state index in [0.29, 0.717) is 17.4 Å². The lowest BCUT2D eigenvalue weighted by atomic mass is 10.1. The summed E-state index contributed by atoms with van der Waals surface area (Å²) >= 11 is 0. The van der Waals surface area contributed by atoms with Gasteiger partial charge in [-0.1, -0.05) is 36.4 Å². The Morgan fingerprint density at radius 1 is 1.12 bits per heavy atom. The lowest BCUT2D eigenvalue weighted by molar-refractivity contribution is -0.122. The third-order valence-corrected chi connectivity index (χ3v) is 4.17. The van der Waals surface area contributed by atoms with Crippen molar-refractivity contribution in [2.24, 2.45) is 11.0 Å². The first-order chi connectivity index (χ1) is 11.7.